The van der Waals surface area contributed by atoms with Crippen LogP contribution >= 0.6 is 0 Å². The van der Waals surface area contributed by atoms with Crippen LogP contribution in [0.5, 0.6) is 0 Å². The molecular weight excluding hydrogens is 198 g/mol. The second-order valence-corrected chi connectivity index (χ2v) is 5.57. The molecule has 3 nitrogen and oxygen atoms in total. The van der Waals surface area contributed by atoms with Gasteiger partial charge in [0.15, 0.2) is 0 Å². The largest absolute Gasteiger partial charge is 0.356 e. The summed E-state index contributed by atoms with van der Waals surface area (Å²) in [4.78, 5) is 6.85. The monoisotopic (exact) mass is 219 g/mol. The molecule has 1 aromatic heterocycles. The number of aromatic nitrogens is 1. The Kier molecular flexibility index (Phi) is 2.89. The van der Waals surface area contributed by atoms with Crippen molar-refractivity contribution in [3.63, 3.8) is 0 Å². The number of hydrogen-bond donors (Lipinski definition) is 1. The first kappa shape index (κ1) is 11.4. The van der Waals surface area contributed by atoms with E-state index < -0.39 is 0 Å². The Labute approximate surface area is 97.7 Å². The van der Waals surface area contributed by atoms with E-state index in [0.29, 0.717) is 5.41 Å². The second-order valence-electron chi connectivity index (χ2n) is 5.57. The summed E-state index contributed by atoms with van der Waals surface area (Å²) in [6.45, 7) is 8.80. The molecule has 1 fully saturated rings. The Morgan fingerprint density at radius 2 is 2.19 bits per heavy atom. The van der Waals surface area contributed by atoms with E-state index in [1.54, 1.807) is 0 Å². The smallest absolute Gasteiger partial charge is 0.128 e. The summed E-state index contributed by atoms with van der Waals surface area (Å²) in [6.07, 6.45) is 3.13. The number of hydrogen-bond acceptors (Lipinski definition) is 3. The minimum atomic E-state index is 0.0663. The average Bonchev–Trinajstić information content (AvgIpc) is 2.59. The van der Waals surface area contributed by atoms with Gasteiger partial charge < -0.3 is 10.6 Å². The highest BCUT2D eigenvalue weighted by Gasteiger charge is 2.29. The molecule has 2 N–H and O–H groups in total. The van der Waals surface area contributed by atoms with E-state index in [1.807, 2.05) is 13.1 Å². The lowest BCUT2D eigenvalue weighted by Gasteiger charge is -2.21. The molecule has 2 rings (SSSR count). The van der Waals surface area contributed by atoms with Gasteiger partial charge in [0.05, 0.1) is 0 Å². The first-order valence-electron chi connectivity index (χ1n) is 5.94. The van der Waals surface area contributed by atoms with E-state index in [-0.39, 0.29) is 6.04 Å². The van der Waals surface area contributed by atoms with Crippen LogP contribution in [0.2, 0.25) is 0 Å². The average molecular weight is 219 g/mol. The molecule has 0 bridgehead atoms. The third kappa shape index (κ3) is 2.35. The Hall–Kier alpha value is -1.09. The van der Waals surface area contributed by atoms with Gasteiger partial charge in [0.2, 0.25) is 0 Å². The first-order chi connectivity index (χ1) is 7.48. The highest BCUT2D eigenvalue weighted by molar-refractivity contribution is 5.41. The fourth-order valence-corrected chi connectivity index (χ4v) is 2.16. The number of anilines is 1. The lowest BCUT2D eigenvalue weighted by Crippen LogP contribution is -2.23. The molecule has 1 unspecified atom stereocenters. The maximum Gasteiger partial charge on any atom is 0.128 e. The molecule has 1 saturated heterocycles. The van der Waals surface area contributed by atoms with Gasteiger partial charge in [0, 0.05) is 25.3 Å². The van der Waals surface area contributed by atoms with Crippen molar-refractivity contribution < 1.29 is 0 Å². The van der Waals surface area contributed by atoms with Crippen LogP contribution in [0.25, 0.3) is 0 Å². The third-order valence-electron chi connectivity index (χ3n) is 3.30. The molecule has 1 aliphatic rings. The van der Waals surface area contributed by atoms with Crippen molar-refractivity contribution in [3.05, 3.63) is 23.9 Å². The van der Waals surface area contributed by atoms with Gasteiger partial charge in [-0.3, -0.25) is 0 Å². The Morgan fingerprint density at radius 3 is 2.62 bits per heavy atom. The predicted octanol–water partition coefficient (Wildman–Crippen LogP) is 2.34. The van der Waals surface area contributed by atoms with Crippen LogP contribution in [-0.2, 0) is 0 Å². The molecule has 0 aromatic carbocycles. The summed E-state index contributed by atoms with van der Waals surface area (Å²) in [5.74, 6) is 1.08. The third-order valence-corrected chi connectivity index (χ3v) is 3.30. The summed E-state index contributed by atoms with van der Waals surface area (Å²) in [7, 11) is 0. The summed E-state index contributed by atoms with van der Waals surface area (Å²) < 4.78 is 0. The minimum Gasteiger partial charge on any atom is -0.356 e. The molecule has 3 heteroatoms. The van der Waals surface area contributed by atoms with Gasteiger partial charge in [-0.2, -0.15) is 0 Å². The molecule has 1 atom stereocenters. The molecule has 0 aliphatic carbocycles. The highest BCUT2D eigenvalue weighted by Crippen LogP contribution is 2.31. The zero-order valence-electron chi connectivity index (χ0n) is 10.4. The van der Waals surface area contributed by atoms with E-state index in [4.69, 9.17) is 5.73 Å². The first-order valence-corrected chi connectivity index (χ1v) is 5.94. The van der Waals surface area contributed by atoms with Crippen LogP contribution in [0.4, 0.5) is 5.82 Å². The molecule has 0 saturated carbocycles. The van der Waals surface area contributed by atoms with E-state index >= 15 is 0 Å². The lowest BCUT2D eigenvalue weighted by molar-refractivity contribution is 0.418. The van der Waals surface area contributed by atoms with Crippen LogP contribution in [-0.4, -0.2) is 18.1 Å². The summed E-state index contributed by atoms with van der Waals surface area (Å²) in [6, 6.07) is 4.23. The van der Waals surface area contributed by atoms with Crippen LogP contribution in [0.3, 0.4) is 0 Å². The molecule has 16 heavy (non-hydrogen) atoms. The van der Waals surface area contributed by atoms with E-state index in [2.05, 4.69) is 35.9 Å². The van der Waals surface area contributed by atoms with Gasteiger partial charge in [-0.25, -0.2) is 4.98 Å². The fourth-order valence-electron chi connectivity index (χ4n) is 2.16. The standard InChI is InChI=1S/C13H21N3/c1-10(14)11-4-5-12(15-8-11)16-7-6-13(2,3)9-16/h4-5,8,10H,6-7,9,14H2,1-3H3. The number of pyridine rings is 1. The molecule has 2 heterocycles. The van der Waals surface area contributed by atoms with Crippen LogP contribution in [0, 0.1) is 5.41 Å². The lowest BCUT2D eigenvalue weighted by atomic mass is 9.93. The van der Waals surface area contributed by atoms with Gasteiger partial charge >= 0.3 is 0 Å². The van der Waals surface area contributed by atoms with Crippen LogP contribution in [0.15, 0.2) is 18.3 Å². The van der Waals surface area contributed by atoms with Gasteiger partial charge in [-0.05, 0) is 30.4 Å². The molecule has 1 aliphatic heterocycles. The van der Waals surface area contributed by atoms with Gasteiger partial charge in [0.1, 0.15) is 5.82 Å². The van der Waals surface area contributed by atoms with Crippen LogP contribution in [0.1, 0.15) is 38.8 Å². The molecule has 0 amide bonds. The van der Waals surface area contributed by atoms with Crippen molar-refractivity contribution in [2.45, 2.75) is 33.2 Å². The maximum absolute atomic E-state index is 5.81. The quantitative estimate of drug-likeness (QED) is 0.830. The number of nitrogens with zero attached hydrogens (tertiary/aromatic N) is 2. The molecule has 0 radical (unpaired) electrons. The van der Waals surface area contributed by atoms with Gasteiger partial charge in [-0.1, -0.05) is 19.9 Å². The van der Waals surface area contributed by atoms with Crippen molar-refractivity contribution in [2.75, 3.05) is 18.0 Å². The number of nitrogens with two attached hydrogens (primary N) is 1. The Morgan fingerprint density at radius 1 is 1.44 bits per heavy atom. The van der Waals surface area contributed by atoms with Crippen molar-refractivity contribution in [2.24, 2.45) is 11.1 Å². The molecule has 1 aromatic rings. The zero-order valence-corrected chi connectivity index (χ0v) is 10.4. The summed E-state index contributed by atoms with van der Waals surface area (Å²) >= 11 is 0. The van der Waals surface area contributed by atoms with Gasteiger partial charge in [0.25, 0.3) is 0 Å². The van der Waals surface area contributed by atoms with Crippen molar-refractivity contribution in [3.8, 4) is 0 Å². The summed E-state index contributed by atoms with van der Waals surface area (Å²) in [5.41, 5.74) is 7.32. The van der Waals surface area contributed by atoms with E-state index in [9.17, 15) is 0 Å². The van der Waals surface area contributed by atoms with E-state index in [0.717, 1.165) is 24.5 Å². The van der Waals surface area contributed by atoms with Crippen LogP contribution < -0.4 is 10.6 Å². The SMILES string of the molecule is CC(N)c1ccc(N2CCC(C)(C)C2)nc1. The van der Waals surface area contributed by atoms with Crippen molar-refractivity contribution in [1.29, 1.82) is 0 Å². The maximum atomic E-state index is 5.81. The molecule has 88 valence electrons. The predicted molar refractivity (Wildman–Crippen MR) is 67.5 cm³/mol. The molecule has 0 spiro atoms. The summed E-state index contributed by atoms with van der Waals surface area (Å²) in [5, 5.41) is 0. The van der Waals surface area contributed by atoms with Crippen molar-refractivity contribution in [1.82, 2.24) is 4.98 Å². The van der Waals surface area contributed by atoms with E-state index in [1.165, 1.54) is 6.42 Å². The normalized spacial score (nSPS) is 21.1. The van der Waals surface area contributed by atoms with Crippen molar-refractivity contribution >= 4 is 5.82 Å². The second kappa shape index (κ2) is 4.06. The van der Waals surface area contributed by atoms with Gasteiger partial charge in [-0.15, -0.1) is 0 Å². The Bertz CT molecular complexity index is 354. The zero-order chi connectivity index (χ0) is 11.8. The molecular formula is C13H21N3. The fraction of sp³-hybridized carbons (Fsp3) is 0.615. The number of rotatable bonds is 2. The minimum absolute atomic E-state index is 0.0663. The Balaban J connectivity index is 2.11. The topological polar surface area (TPSA) is 42.1 Å². The highest BCUT2D eigenvalue weighted by atomic mass is 15.2.